The zero-order valence-electron chi connectivity index (χ0n) is 14.9. The Hall–Kier alpha value is -3.16. The first-order valence-electron chi connectivity index (χ1n) is 8.48. The third-order valence-electron chi connectivity index (χ3n) is 4.12. The van der Waals surface area contributed by atoms with Crippen molar-refractivity contribution in [3.8, 4) is 5.75 Å². The molecule has 0 aliphatic carbocycles. The SMILES string of the molecule is O=C(N[C@H]1Cc2cccc(C(=O)O)c2OB1O)/C(=N\O)c1csc(NCCO)n1. The Balaban J connectivity index is 1.73. The van der Waals surface area contributed by atoms with Crippen LogP contribution in [0.3, 0.4) is 0 Å². The van der Waals surface area contributed by atoms with Gasteiger partial charge in [-0.3, -0.25) is 4.79 Å². The first kappa shape index (κ1) is 20.6. The Kier molecular flexibility index (Phi) is 6.31. The van der Waals surface area contributed by atoms with Crippen LogP contribution in [-0.4, -0.2) is 69.2 Å². The number of oxime groups is 1. The average molecular weight is 420 g/mol. The van der Waals surface area contributed by atoms with Crippen molar-refractivity contribution in [1.29, 1.82) is 0 Å². The van der Waals surface area contributed by atoms with E-state index in [2.05, 4.69) is 20.8 Å². The fourth-order valence-corrected chi connectivity index (χ4v) is 3.52. The number of carbonyl (C=O) groups is 2. The minimum Gasteiger partial charge on any atom is -0.534 e. The second-order valence-corrected chi connectivity index (χ2v) is 6.89. The van der Waals surface area contributed by atoms with Crippen LogP contribution < -0.4 is 15.3 Å². The molecule has 1 atom stereocenters. The van der Waals surface area contributed by atoms with E-state index < -0.39 is 24.9 Å². The number of anilines is 1. The molecule has 0 saturated carbocycles. The minimum absolute atomic E-state index is 0.0492. The monoisotopic (exact) mass is 420 g/mol. The first-order chi connectivity index (χ1) is 13.9. The molecule has 1 aliphatic rings. The maximum Gasteiger partial charge on any atom is 0.547 e. The third-order valence-corrected chi connectivity index (χ3v) is 4.92. The summed E-state index contributed by atoms with van der Waals surface area (Å²) in [6.45, 7) is 0.176. The number of aromatic nitrogens is 1. The molecule has 6 N–H and O–H groups in total. The lowest BCUT2D eigenvalue weighted by Gasteiger charge is -2.28. The van der Waals surface area contributed by atoms with Crippen molar-refractivity contribution in [2.45, 2.75) is 12.4 Å². The summed E-state index contributed by atoms with van der Waals surface area (Å²) in [4.78, 5) is 27.9. The molecule has 1 aliphatic heterocycles. The molecule has 29 heavy (non-hydrogen) atoms. The molecule has 2 heterocycles. The number of hydrogen-bond acceptors (Lipinski definition) is 10. The number of aliphatic hydroxyl groups excluding tert-OH is 1. The first-order valence-corrected chi connectivity index (χ1v) is 9.36. The van der Waals surface area contributed by atoms with Crippen LogP contribution >= 0.6 is 11.3 Å². The van der Waals surface area contributed by atoms with Crippen molar-refractivity contribution in [3.05, 3.63) is 40.4 Å². The lowest BCUT2D eigenvalue weighted by atomic mass is 9.72. The van der Waals surface area contributed by atoms with Gasteiger partial charge in [0.2, 0.25) is 0 Å². The highest BCUT2D eigenvalue weighted by Crippen LogP contribution is 2.30. The average Bonchev–Trinajstić information content (AvgIpc) is 3.15. The number of thiazole rings is 1. The molecule has 0 bridgehead atoms. The largest absolute Gasteiger partial charge is 0.547 e. The molecule has 0 spiro atoms. The number of carboxylic acids is 1. The molecule has 152 valence electrons. The second kappa shape index (κ2) is 8.90. The number of aliphatic hydroxyl groups is 1. The number of benzene rings is 1. The number of aromatic carboxylic acids is 1. The van der Waals surface area contributed by atoms with E-state index in [1.165, 1.54) is 11.4 Å². The zero-order valence-corrected chi connectivity index (χ0v) is 15.7. The number of hydrogen-bond donors (Lipinski definition) is 6. The Bertz CT molecular complexity index is 951. The minimum atomic E-state index is -1.50. The van der Waals surface area contributed by atoms with Gasteiger partial charge in [0.1, 0.15) is 11.4 Å². The summed E-state index contributed by atoms with van der Waals surface area (Å²) >= 11 is 1.16. The summed E-state index contributed by atoms with van der Waals surface area (Å²) < 4.78 is 5.32. The van der Waals surface area contributed by atoms with Gasteiger partial charge in [-0.15, -0.1) is 11.3 Å². The van der Waals surface area contributed by atoms with E-state index in [0.717, 1.165) is 11.3 Å². The molecule has 1 aromatic carbocycles. The van der Waals surface area contributed by atoms with Gasteiger partial charge in [0.15, 0.2) is 10.8 Å². The quantitative estimate of drug-likeness (QED) is 0.150. The van der Waals surface area contributed by atoms with E-state index in [-0.39, 0.29) is 42.3 Å². The van der Waals surface area contributed by atoms with Gasteiger partial charge in [0, 0.05) is 11.9 Å². The number of para-hydroxylation sites is 1. The summed E-state index contributed by atoms with van der Waals surface area (Å²) in [5, 5.41) is 47.8. The fraction of sp³-hybridized carbons (Fsp3) is 0.250. The topological polar surface area (TPSA) is 174 Å². The van der Waals surface area contributed by atoms with Crippen molar-refractivity contribution in [2.75, 3.05) is 18.5 Å². The van der Waals surface area contributed by atoms with Gasteiger partial charge in [-0.25, -0.2) is 9.78 Å². The lowest BCUT2D eigenvalue weighted by molar-refractivity contribution is -0.115. The van der Waals surface area contributed by atoms with E-state index in [9.17, 15) is 24.9 Å². The Morgan fingerprint density at radius 2 is 2.21 bits per heavy atom. The molecule has 0 radical (unpaired) electrons. The van der Waals surface area contributed by atoms with Crippen LogP contribution in [0.5, 0.6) is 5.75 Å². The van der Waals surface area contributed by atoms with Crippen LogP contribution in [0.15, 0.2) is 28.7 Å². The number of carbonyl (C=O) groups excluding carboxylic acids is 1. The molecule has 11 nitrogen and oxygen atoms in total. The van der Waals surface area contributed by atoms with Gasteiger partial charge < -0.3 is 35.7 Å². The molecule has 0 unspecified atom stereocenters. The number of rotatable bonds is 7. The maximum atomic E-state index is 12.5. The van der Waals surface area contributed by atoms with E-state index in [1.807, 2.05) is 0 Å². The molecule has 0 saturated heterocycles. The Morgan fingerprint density at radius 3 is 2.90 bits per heavy atom. The van der Waals surface area contributed by atoms with Crippen molar-refractivity contribution in [3.63, 3.8) is 0 Å². The predicted molar refractivity (Wildman–Crippen MR) is 104 cm³/mol. The summed E-state index contributed by atoms with van der Waals surface area (Å²) in [5.74, 6) is -2.84. The van der Waals surface area contributed by atoms with Gasteiger partial charge in [-0.2, -0.15) is 0 Å². The Morgan fingerprint density at radius 1 is 1.41 bits per heavy atom. The molecular formula is C16H17BN4O7S. The van der Waals surface area contributed by atoms with Gasteiger partial charge in [0.25, 0.3) is 5.91 Å². The lowest BCUT2D eigenvalue weighted by Crippen LogP contribution is -2.54. The number of amides is 1. The molecule has 1 amide bonds. The number of carboxylic acid groups (broad SMARTS) is 1. The standard InChI is InChI=1S/C16H17BN4O7S/c22-5-4-18-16-19-10(7-29-16)12(21-27)14(23)20-11-6-8-2-1-3-9(15(24)25)13(8)28-17(11)26/h1-3,7,11,22,26-27H,4-6H2,(H,18,19)(H,20,23)(H,24,25)/b21-12-/t11-/m0/s1. The van der Waals surface area contributed by atoms with Crippen LogP contribution in [0.25, 0.3) is 0 Å². The summed E-state index contributed by atoms with van der Waals surface area (Å²) in [7, 11) is -1.50. The van der Waals surface area contributed by atoms with E-state index in [4.69, 9.17) is 9.76 Å². The third kappa shape index (κ3) is 4.47. The highest BCUT2D eigenvalue weighted by atomic mass is 32.1. The highest BCUT2D eigenvalue weighted by molar-refractivity contribution is 7.14. The summed E-state index contributed by atoms with van der Waals surface area (Å²) in [5.41, 5.74) is 0.159. The molecule has 2 aromatic rings. The summed E-state index contributed by atoms with van der Waals surface area (Å²) in [6, 6.07) is 4.53. The molecule has 3 rings (SSSR count). The van der Waals surface area contributed by atoms with Crippen LogP contribution in [0.4, 0.5) is 5.13 Å². The molecule has 0 fully saturated rings. The molecule has 1 aromatic heterocycles. The van der Waals surface area contributed by atoms with Crippen LogP contribution in [0, 0.1) is 0 Å². The van der Waals surface area contributed by atoms with Crippen molar-refractivity contribution < 1.29 is 34.7 Å². The van der Waals surface area contributed by atoms with Gasteiger partial charge in [0.05, 0.1) is 18.1 Å². The van der Waals surface area contributed by atoms with Gasteiger partial charge in [-0.05, 0) is 18.1 Å². The number of nitrogens with zero attached hydrogens (tertiary/aromatic N) is 2. The van der Waals surface area contributed by atoms with E-state index >= 15 is 0 Å². The normalized spacial score (nSPS) is 16.0. The van der Waals surface area contributed by atoms with Crippen molar-refractivity contribution in [2.24, 2.45) is 5.16 Å². The van der Waals surface area contributed by atoms with Crippen molar-refractivity contribution >= 4 is 41.2 Å². The van der Waals surface area contributed by atoms with Crippen molar-refractivity contribution in [1.82, 2.24) is 10.3 Å². The fourth-order valence-electron chi connectivity index (χ4n) is 2.79. The predicted octanol–water partition coefficient (Wildman–Crippen LogP) is -0.437. The summed E-state index contributed by atoms with van der Waals surface area (Å²) in [6.07, 6.45) is 0.114. The molecule has 13 heteroatoms. The van der Waals surface area contributed by atoms with Crippen LogP contribution in [-0.2, 0) is 11.2 Å². The number of fused-ring (bicyclic) bond motifs is 1. The van der Waals surface area contributed by atoms with Crippen LogP contribution in [0.1, 0.15) is 21.6 Å². The molecular weight excluding hydrogens is 403 g/mol. The van der Waals surface area contributed by atoms with Crippen LogP contribution in [0.2, 0.25) is 0 Å². The van der Waals surface area contributed by atoms with E-state index in [0.29, 0.717) is 10.7 Å². The zero-order chi connectivity index (χ0) is 21.0. The van der Waals surface area contributed by atoms with Gasteiger partial charge in [-0.1, -0.05) is 17.3 Å². The second-order valence-electron chi connectivity index (χ2n) is 6.03. The smallest absolute Gasteiger partial charge is 0.534 e. The highest BCUT2D eigenvalue weighted by Gasteiger charge is 2.38. The Labute approximate surface area is 168 Å². The maximum absolute atomic E-state index is 12.5. The number of nitrogens with one attached hydrogen (secondary N) is 2. The van der Waals surface area contributed by atoms with E-state index in [1.54, 1.807) is 12.1 Å². The van der Waals surface area contributed by atoms with Gasteiger partial charge >= 0.3 is 13.1 Å².